The number of aromatic nitrogens is 2. The van der Waals surface area contributed by atoms with Gasteiger partial charge in [-0.1, -0.05) is 6.08 Å². The van der Waals surface area contributed by atoms with E-state index in [0.717, 1.165) is 24.1 Å². The SMILES string of the molecule is C=CCn1nc2c(cc1=O)CCCC2. The third-order valence-corrected chi connectivity index (χ3v) is 2.58. The zero-order chi connectivity index (χ0) is 9.97. The summed E-state index contributed by atoms with van der Waals surface area (Å²) >= 11 is 0. The van der Waals surface area contributed by atoms with Crippen LogP contribution in [0.2, 0.25) is 0 Å². The largest absolute Gasteiger partial charge is 0.268 e. The summed E-state index contributed by atoms with van der Waals surface area (Å²) < 4.78 is 1.48. The molecule has 0 spiro atoms. The minimum Gasteiger partial charge on any atom is -0.268 e. The quantitative estimate of drug-likeness (QED) is 0.659. The molecule has 0 bridgehead atoms. The van der Waals surface area contributed by atoms with Crippen molar-refractivity contribution in [2.24, 2.45) is 0 Å². The van der Waals surface area contributed by atoms with E-state index in [2.05, 4.69) is 11.7 Å². The average Bonchev–Trinajstić information content (AvgIpc) is 2.19. The molecule has 0 aliphatic heterocycles. The molecule has 0 fully saturated rings. The van der Waals surface area contributed by atoms with Crippen molar-refractivity contribution in [1.82, 2.24) is 9.78 Å². The minimum atomic E-state index is -0.00875. The van der Waals surface area contributed by atoms with Crippen LogP contribution in [0.4, 0.5) is 0 Å². The van der Waals surface area contributed by atoms with Gasteiger partial charge in [-0.3, -0.25) is 4.79 Å². The van der Waals surface area contributed by atoms with Gasteiger partial charge in [0.25, 0.3) is 5.56 Å². The van der Waals surface area contributed by atoms with Crippen molar-refractivity contribution in [3.8, 4) is 0 Å². The molecule has 1 aliphatic carbocycles. The standard InChI is InChI=1S/C11H14N2O/c1-2-7-13-11(14)8-9-5-3-4-6-10(9)12-13/h2,8H,1,3-7H2. The summed E-state index contributed by atoms with van der Waals surface area (Å²) in [6.45, 7) is 4.12. The van der Waals surface area contributed by atoms with E-state index in [1.165, 1.54) is 17.5 Å². The van der Waals surface area contributed by atoms with E-state index in [0.29, 0.717) is 6.54 Å². The van der Waals surface area contributed by atoms with Crippen LogP contribution in [0.3, 0.4) is 0 Å². The molecule has 14 heavy (non-hydrogen) atoms. The van der Waals surface area contributed by atoms with Gasteiger partial charge in [0.15, 0.2) is 0 Å². The molecule has 1 aliphatic rings. The van der Waals surface area contributed by atoms with Crippen molar-refractivity contribution in [1.29, 1.82) is 0 Å². The van der Waals surface area contributed by atoms with E-state index in [1.807, 2.05) is 0 Å². The third-order valence-electron chi connectivity index (χ3n) is 2.58. The number of fused-ring (bicyclic) bond motifs is 1. The summed E-state index contributed by atoms with van der Waals surface area (Å²) in [4.78, 5) is 11.5. The molecule has 74 valence electrons. The molecule has 0 atom stereocenters. The lowest BCUT2D eigenvalue weighted by Crippen LogP contribution is -2.25. The Morgan fingerprint density at radius 3 is 3.07 bits per heavy atom. The van der Waals surface area contributed by atoms with E-state index >= 15 is 0 Å². The first-order chi connectivity index (χ1) is 6.81. The molecule has 1 aromatic heterocycles. The smallest absolute Gasteiger partial charge is 0.267 e. The maximum absolute atomic E-state index is 11.5. The van der Waals surface area contributed by atoms with Crippen molar-refractivity contribution >= 4 is 0 Å². The Morgan fingerprint density at radius 2 is 2.29 bits per heavy atom. The Labute approximate surface area is 83.1 Å². The number of nitrogens with zero attached hydrogens (tertiary/aromatic N) is 2. The molecule has 0 unspecified atom stereocenters. The van der Waals surface area contributed by atoms with Gasteiger partial charge in [-0.05, 0) is 31.2 Å². The molecule has 0 saturated heterocycles. The Hall–Kier alpha value is -1.38. The fourth-order valence-electron chi connectivity index (χ4n) is 1.85. The van der Waals surface area contributed by atoms with Crippen molar-refractivity contribution < 1.29 is 0 Å². The van der Waals surface area contributed by atoms with Gasteiger partial charge >= 0.3 is 0 Å². The highest BCUT2D eigenvalue weighted by atomic mass is 16.1. The van der Waals surface area contributed by atoms with Gasteiger partial charge in [0, 0.05) is 6.07 Å². The van der Waals surface area contributed by atoms with Gasteiger partial charge < -0.3 is 0 Å². The van der Waals surface area contributed by atoms with Gasteiger partial charge in [-0.15, -0.1) is 6.58 Å². The van der Waals surface area contributed by atoms with Crippen LogP contribution in [-0.2, 0) is 19.4 Å². The van der Waals surface area contributed by atoms with Crippen LogP contribution in [0.25, 0.3) is 0 Å². The van der Waals surface area contributed by atoms with E-state index < -0.39 is 0 Å². The molecule has 3 heteroatoms. The lowest BCUT2D eigenvalue weighted by Gasteiger charge is -2.15. The van der Waals surface area contributed by atoms with Crippen LogP contribution < -0.4 is 5.56 Å². The Morgan fingerprint density at radius 1 is 1.50 bits per heavy atom. The van der Waals surface area contributed by atoms with E-state index in [-0.39, 0.29) is 5.56 Å². The van der Waals surface area contributed by atoms with E-state index in [1.54, 1.807) is 12.1 Å². The molecule has 1 aromatic rings. The average molecular weight is 190 g/mol. The highest BCUT2D eigenvalue weighted by molar-refractivity contribution is 5.20. The maximum atomic E-state index is 11.5. The van der Waals surface area contributed by atoms with Gasteiger partial charge in [-0.2, -0.15) is 5.10 Å². The van der Waals surface area contributed by atoms with Crippen LogP contribution in [0, 0.1) is 0 Å². The third kappa shape index (κ3) is 1.62. The Bertz CT molecular complexity index is 406. The first-order valence-corrected chi connectivity index (χ1v) is 5.02. The second kappa shape index (κ2) is 3.78. The highest BCUT2D eigenvalue weighted by Crippen LogP contribution is 2.16. The van der Waals surface area contributed by atoms with Gasteiger partial charge in [-0.25, -0.2) is 4.68 Å². The summed E-state index contributed by atoms with van der Waals surface area (Å²) in [5, 5.41) is 4.34. The monoisotopic (exact) mass is 190 g/mol. The second-order valence-corrected chi connectivity index (χ2v) is 3.63. The topological polar surface area (TPSA) is 34.9 Å². The summed E-state index contributed by atoms with van der Waals surface area (Å²) in [6.07, 6.45) is 6.08. The highest BCUT2D eigenvalue weighted by Gasteiger charge is 2.12. The predicted octanol–water partition coefficient (Wildman–Crippen LogP) is 1.31. The molecule has 0 N–H and O–H groups in total. The molecule has 1 heterocycles. The first kappa shape index (κ1) is 9.19. The molecule has 2 rings (SSSR count). The predicted molar refractivity (Wildman–Crippen MR) is 55.3 cm³/mol. The molecule has 0 radical (unpaired) electrons. The van der Waals surface area contributed by atoms with Crippen LogP contribution in [-0.4, -0.2) is 9.78 Å². The molecule has 0 amide bonds. The molecular weight excluding hydrogens is 176 g/mol. The maximum Gasteiger partial charge on any atom is 0.267 e. The summed E-state index contributed by atoms with van der Waals surface area (Å²) in [6, 6.07) is 1.73. The van der Waals surface area contributed by atoms with Crippen LogP contribution in [0.15, 0.2) is 23.5 Å². The molecule has 0 aromatic carbocycles. The summed E-state index contributed by atoms with van der Waals surface area (Å²) in [7, 11) is 0. The fourth-order valence-corrected chi connectivity index (χ4v) is 1.85. The first-order valence-electron chi connectivity index (χ1n) is 5.02. The molecular formula is C11H14N2O. The van der Waals surface area contributed by atoms with Crippen LogP contribution in [0.1, 0.15) is 24.1 Å². The molecule has 3 nitrogen and oxygen atoms in total. The second-order valence-electron chi connectivity index (χ2n) is 3.63. The lowest BCUT2D eigenvalue weighted by atomic mass is 9.97. The van der Waals surface area contributed by atoms with Gasteiger partial charge in [0.05, 0.1) is 12.2 Å². The van der Waals surface area contributed by atoms with Gasteiger partial charge in [0.1, 0.15) is 0 Å². The number of allylic oxidation sites excluding steroid dienone is 1. The Balaban J connectivity index is 2.45. The summed E-state index contributed by atoms with van der Waals surface area (Å²) in [5.74, 6) is 0. The van der Waals surface area contributed by atoms with Gasteiger partial charge in [0.2, 0.25) is 0 Å². The van der Waals surface area contributed by atoms with Crippen molar-refractivity contribution in [3.05, 3.63) is 40.3 Å². The fraction of sp³-hybridized carbons (Fsp3) is 0.455. The van der Waals surface area contributed by atoms with Crippen molar-refractivity contribution in [2.75, 3.05) is 0 Å². The van der Waals surface area contributed by atoms with Crippen molar-refractivity contribution in [3.63, 3.8) is 0 Å². The normalized spacial score (nSPS) is 14.9. The number of aryl methyl sites for hydroxylation is 2. The van der Waals surface area contributed by atoms with E-state index in [9.17, 15) is 4.79 Å². The van der Waals surface area contributed by atoms with E-state index in [4.69, 9.17) is 0 Å². The zero-order valence-corrected chi connectivity index (χ0v) is 8.20. The number of hydrogen-bond donors (Lipinski definition) is 0. The van der Waals surface area contributed by atoms with Crippen LogP contribution >= 0.6 is 0 Å². The summed E-state index contributed by atoms with van der Waals surface area (Å²) in [5.41, 5.74) is 2.23. The number of rotatable bonds is 2. The molecule has 0 saturated carbocycles. The van der Waals surface area contributed by atoms with Crippen LogP contribution in [0.5, 0.6) is 0 Å². The van der Waals surface area contributed by atoms with Crippen molar-refractivity contribution in [2.45, 2.75) is 32.2 Å². The zero-order valence-electron chi connectivity index (χ0n) is 8.20. The minimum absolute atomic E-state index is 0.00875. The lowest BCUT2D eigenvalue weighted by molar-refractivity contribution is 0.580. The number of hydrogen-bond acceptors (Lipinski definition) is 2. The Kier molecular flexibility index (Phi) is 2.48.